The third kappa shape index (κ3) is 5.08. The summed E-state index contributed by atoms with van der Waals surface area (Å²) in [5, 5.41) is 14.5. The smallest absolute Gasteiger partial charge is 0.315 e. The molecule has 0 heterocycles. The summed E-state index contributed by atoms with van der Waals surface area (Å²) in [6.07, 6.45) is 0.919. The van der Waals surface area contributed by atoms with Gasteiger partial charge < -0.3 is 15.7 Å². The van der Waals surface area contributed by atoms with Gasteiger partial charge in [0.25, 0.3) is 0 Å². The molecule has 5 nitrogen and oxygen atoms in total. The normalized spacial score (nSPS) is 10.8. The first-order chi connectivity index (χ1) is 7.88. The van der Waals surface area contributed by atoms with Crippen LogP contribution in [0.25, 0.3) is 0 Å². The first kappa shape index (κ1) is 15.8. The van der Waals surface area contributed by atoms with Crippen LogP contribution < -0.4 is 10.6 Å². The Balaban J connectivity index is 4.27. The van der Waals surface area contributed by atoms with Gasteiger partial charge in [-0.2, -0.15) is 0 Å². The Hall–Kier alpha value is -1.23. The molecule has 0 rings (SSSR count). The van der Waals surface area contributed by atoms with Crippen LogP contribution in [0.5, 0.6) is 0 Å². The van der Waals surface area contributed by atoms with Crippen LogP contribution in [-0.4, -0.2) is 30.2 Å². The number of nitrogens with one attached hydrogen (secondary N) is 2. The molecule has 0 aromatic rings. The molecule has 0 aliphatic heterocycles. The molecular weight excluding hydrogens is 244 g/mol. The van der Waals surface area contributed by atoms with Gasteiger partial charge in [-0.1, -0.05) is 32.0 Å². The van der Waals surface area contributed by atoms with Crippen molar-refractivity contribution in [3.63, 3.8) is 0 Å². The lowest BCUT2D eigenvalue weighted by atomic mass is 9.82. The largest absolute Gasteiger partial charge is 0.481 e. The zero-order valence-electron chi connectivity index (χ0n) is 10.2. The van der Waals surface area contributed by atoms with Gasteiger partial charge in [-0.15, -0.1) is 0 Å². The average Bonchev–Trinajstić information content (AvgIpc) is 2.28. The Labute approximate surface area is 106 Å². The molecule has 0 spiro atoms. The van der Waals surface area contributed by atoms with Crippen molar-refractivity contribution in [2.24, 2.45) is 5.41 Å². The molecule has 0 aromatic carbocycles. The highest BCUT2D eigenvalue weighted by Crippen LogP contribution is 2.25. The maximum absolute atomic E-state index is 11.3. The van der Waals surface area contributed by atoms with E-state index in [9.17, 15) is 9.59 Å². The van der Waals surface area contributed by atoms with Crippen LogP contribution in [0, 0.1) is 5.41 Å². The number of amides is 2. The van der Waals surface area contributed by atoms with Gasteiger partial charge in [-0.25, -0.2) is 4.79 Å². The first-order valence-electron chi connectivity index (χ1n) is 5.46. The Kier molecular flexibility index (Phi) is 6.65. The van der Waals surface area contributed by atoms with Gasteiger partial charge in [-0.05, 0) is 12.8 Å². The van der Waals surface area contributed by atoms with Crippen LogP contribution in [0.1, 0.15) is 26.7 Å². The average molecular weight is 263 g/mol. The van der Waals surface area contributed by atoms with E-state index in [0.717, 1.165) is 0 Å². The number of hydrogen-bond acceptors (Lipinski definition) is 2. The molecule has 17 heavy (non-hydrogen) atoms. The van der Waals surface area contributed by atoms with Gasteiger partial charge in [0, 0.05) is 11.6 Å². The van der Waals surface area contributed by atoms with Gasteiger partial charge in [0.1, 0.15) is 0 Å². The van der Waals surface area contributed by atoms with Crippen LogP contribution >= 0.6 is 11.6 Å². The van der Waals surface area contributed by atoms with Crippen LogP contribution in [0.2, 0.25) is 0 Å². The maximum Gasteiger partial charge on any atom is 0.315 e. The lowest BCUT2D eigenvalue weighted by Gasteiger charge is -2.26. The molecule has 0 radical (unpaired) electrons. The van der Waals surface area contributed by atoms with Crippen LogP contribution in [0.3, 0.4) is 0 Å². The molecule has 0 saturated carbocycles. The van der Waals surface area contributed by atoms with Gasteiger partial charge in [-0.3, -0.25) is 4.79 Å². The first-order valence-corrected chi connectivity index (χ1v) is 5.84. The number of hydrogen-bond donors (Lipinski definition) is 3. The molecule has 0 unspecified atom stereocenters. The second-order valence-electron chi connectivity index (χ2n) is 3.85. The molecule has 0 fully saturated rings. The Morgan fingerprint density at radius 3 is 2.18 bits per heavy atom. The summed E-state index contributed by atoms with van der Waals surface area (Å²) in [5.41, 5.74) is -0.907. The zero-order valence-corrected chi connectivity index (χ0v) is 10.9. The minimum Gasteiger partial charge on any atom is -0.481 e. The fourth-order valence-corrected chi connectivity index (χ4v) is 1.43. The number of rotatable bonds is 7. The Morgan fingerprint density at radius 2 is 1.82 bits per heavy atom. The van der Waals surface area contributed by atoms with Crippen molar-refractivity contribution in [3.8, 4) is 0 Å². The maximum atomic E-state index is 11.3. The number of urea groups is 1. The molecule has 3 N–H and O–H groups in total. The van der Waals surface area contributed by atoms with E-state index in [1.165, 1.54) is 0 Å². The second-order valence-corrected chi connectivity index (χ2v) is 4.38. The number of carboxylic acid groups (broad SMARTS) is 1. The van der Waals surface area contributed by atoms with Crippen molar-refractivity contribution < 1.29 is 14.7 Å². The lowest BCUT2D eigenvalue weighted by Crippen LogP contribution is -2.46. The van der Waals surface area contributed by atoms with Crippen molar-refractivity contribution in [2.45, 2.75) is 26.7 Å². The van der Waals surface area contributed by atoms with E-state index >= 15 is 0 Å². The number of carbonyl (C=O) groups is 2. The predicted octanol–water partition coefficient (Wildman–Crippen LogP) is 1.93. The zero-order chi connectivity index (χ0) is 13.5. The van der Waals surface area contributed by atoms with Crippen LogP contribution in [0.4, 0.5) is 4.79 Å². The lowest BCUT2D eigenvalue weighted by molar-refractivity contribution is -0.149. The fourth-order valence-electron chi connectivity index (χ4n) is 1.37. The van der Waals surface area contributed by atoms with E-state index in [1.807, 2.05) is 0 Å². The standard InChI is InChI=1S/C11H19ClN2O3/c1-4-11(5-2,9(15)16)7-14-10(17)13-6-8(3)12/h3-7H2,1-2H3,(H,15,16)(H2,13,14,17). The highest BCUT2D eigenvalue weighted by molar-refractivity contribution is 6.29. The van der Waals surface area contributed by atoms with Crippen LogP contribution in [-0.2, 0) is 4.79 Å². The molecule has 6 heteroatoms. The van der Waals surface area contributed by atoms with Gasteiger partial charge in [0.2, 0.25) is 0 Å². The number of aliphatic carboxylic acids is 1. The molecule has 0 atom stereocenters. The van der Waals surface area contributed by atoms with E-state index in [0.29, 0.717) is 17.9 Å². The summed E-state index contributed by atoms with van der Waals surface area (Å²) in [5.74, 6) is -0.899. The molecule has 0 aromatic heterocycles. The quantitative estimate of drug-likeness (QED) is 0.656. The molecule has 0 saturated heterocycles. The summed E-state index contributed by atoms with van der Waals surface area (Å²) in [4.78, 5) is 22.5. The monoisotopic (exact) mass is 262 g/mol. The minimum absolute atomic E-state index is 0.0932. The van der Waals surface area contributed by atoms with E-state index in [4.69, 9.17) is 16.7 Å². The van der Waals surface area contributed by atoms with E-state index < -0.39 is 17.4 Å². The number of halogens is 1. The Morgan fingerprint density at radius 1 is 1.29 bits per heavy atom. The summed E-state index contributed by atoms with van der Waals surface area (Å²) in [6, 6.07) is -0.445. The third-order valence-corrected chi connectivity index (χ3v) is 2.97. The van der Waals surface area contributed by atoms with Crippen molar-refractivity contribution in [1.29, 1.82) is 0 Å². The molecule has 0 bridgehead atoms. The number of carboxylic acids is 1. The molecular formula is C11H19ClN2O3. The van der Waals surface area contributed by atoms with Gasteiger partial charge in [0.15, 0.2) is 0 Å². The molecule has 0 aliphatic rings. The van der Waals surface area contributed by atoms with Crippen molar-refractivity contribution >= 4 is 23.6 Å². The Bertz CT molecular complexity index is 301. The molecule has 2 amide bonds. The second kappa shape index (κ2) is 7.17. The summed E-state index contributed by atoms with van der Waals surface area (Å²) in [6.45, 7) is 7.26. The van der Waals surface area contributed by atoms with E-state index in [2.05, 4.69) is 17.2 Å². The highest BCUT2D eigenvalue weighted by Gasteiger charge is 2.35. The SMILES string of the molecule is C=C(Cl)CNC(=O)NCC(CC)(CC)C(=O)O. The fraction of sp³-hybridized carbons (Fsp3) is 0.636. The summed E-state index contributed by atoms with van der Waals surface area (Å²) < 4.78 is 0. The predicted molar refractivity (Wildman–Crippen MR) is 67.0 cm³/mol. The van der Waals surface area contributed by atoms with E-state index in [1.54, 1.807) is 13.8 Å². The third-order valence-electron chi connectivity index (χ3n) is 2.84. The minimum atomic E-state index is -0.907. The van der Waals surface area contributed by atoms with Crippen molar-refractivity contribution in [1.82, 2.24) is 10.6 Å². The van der Waals surface area contributed by atoms with Gasteiger partial charge >= 0.3 is 12.0 Å². The van der Waals surface area contributed by atoms with E-state index in [-0.39, 0.29) is 13.1 Å². The van der Waals surface area contributed by atoms with Crippen LogP contribution in [0.15, 0.2) is 11.6 Å². The summed E-state index contributed by atoms with van der Waals surface area (Å²) in [7, 11) is 0. The highest BCUT2D eigenvalue weighted by atomic mass is 35.5. The van der Waals surface area contributed by atoms with Crippen molar-refractivity contribution in [3.05, 3.63) is 11.6 Å². The summed E-state index contributed by atoms with van der Waals surface area (Å²) >= 11 is 5.49. The van der Waals surface area contributed by atoms with Gasteiger partial charge in [0.05, 0.1) is 12.0 Å². The molecule has 0 aliphatic carbocycles. The number of carbonyl (C=O) groups excluding carboxylic acids is 1. The topological polar surface area (TPSA) is 78.4 Å². The molecule has 98 valence electrons. The van der Waals surface area contributed by atoms with Crippen molar-refractivity contribution in [2.75, 3.05) is 13.1 Å².